The van der Waals surface area contributed by atoms with Gasteiger partial charge in [-0.2, -0.15) is 0 Å². The van der Waals surface area contributed by atoms with Crippen molar-refractivity contribution in [1.29, 1.82) is 0 Å². The van der Waals surface area contributed by atoms with Gasteiger partial charge in [-0.05, 0) is 30.9 Å². The summed E-state index contributed by atoms with van der Waals surface area (Å²) in [6, 6.07) is 11.1. The summed E-state index contributed by atoms with van der Waals surface area (Å²) in [6.45, 7) is 5.44. The molecule has 2 N–H and O–H groups in total. The molecule has 2 atom stereocenters. The lowest BCUT2D eigenvalue weighted by atomic mass is 10.0. The normalized spacial score (nSPS) is 22.8. The molecular formula is C15H24N2. The second kappa shape index (κ2) is 6.18. The first-order valence-corrected chi connectivity index (χ1v) is 6.84. The Balaban J connectivity index is 2.01. The summed E-state index contributed by atoms with van der Waals surface area (Å²) in [5.41, 5.74) is 7.33. The molecule has 0 aliphatic carbocycles. The molecule has 1 aromatic rings. The molecule has 0 bridgehead atoms. The molecule has 94 valence electrons. The summed E-state index contributed by atoms with van der Waals surface area (Å²) in [5, 5.41) is 0. The number of nitrogens with two attached hydrogens (primary N) is 1. The van der Waals surface area contributed by atoms with Crippen LogP contribution in [0, 0.1) is 5.92 Å². The van der Waals surface area contributed by atoms with E-state index in [1.54, 1.807) is 0 Å². The van der Waals surface area contributed by atoms with E-state index in [1.165, 1.54) is 37.9 Å². The van der Waals surface area contributed by atoms with Crippen molar-refractivity contribution in [2.45, 2.75) is 32.2 Å². The largest absolute Gasteiger partial charge is 0.329 e. The second-order valence-electron chi connectivity index (χ2n) is 5.10. The van der Waals surface area contributed by atoms with Crippen molar-refractivity contribution in [2.24, 2.45) is 11.7 Å². The van der Waals surface area contributed by atoms with Crippen LogP contribution >= 0.6 is 0 Å². The topological polar surface area (TPSA) is 29.3 Å². The van der Waals surface area contributed by atoms with Crippen LogP contribution in [0.1, 0.15) is 37.8 Å². The summed E-state index contributed by atoms with van der Waals surface area (Å²) < 4.78 is 0. The molecule has 2 rings (SSSR count). The molecule has 0 amide bonds. The molecule has 1 aliphatic heterocycles. The standard InChI is InChI=1S/C15H24N2/c1-2-6-13-9-10-17(12-13)15(11-16)14-7-4-3-5-8-14/h3-5,7-8,13,15H,2,6,9-12,16H2,1H3. The third-order valence-corrected chi connectivity index (χ3v) is 3.86. The van der Waals surface area contributed by atoms with Crippen LogP contribution < -0.4 is 5.73 Å². The maximum atomic E-state index is 5.96. The van der Waals surface area contributed by atoms with Crippen molar-refractivity contribution in [3.8, 4) is 0 Å². The van der Waals surface area contributed by atoms with Crippen LogP contribution in [-0.2, 0) is 0 Å². The highest BCUT2D eigenvalue weighted by Gasteiger charge is 2.27. The lowest BCUT2D eigenvalue weighted by Crippen LogP contribution is -2.32. The first-order valence-electron chi connectivity index (χ1n) is 6.84. The van der Waals surface area contributed by atoms with Gasteiger partial charge >= 0.3 is 0 Å². The van der Waals surface area contributed by atoms with E-state index in [-0.39, 0.29) is 0 Å². The minimum absolute atomic E-state index is 0.415. The van der Waals surface area contributed by atoms with Crippen LogP contribution in [0.25, 0.3) is 0 Å². The second-order valence-corrected chi connectivity index (χ2v) is 5.10. The molecule has 1 heterocycles. The molecule has 1 saturated heterocycles. The van der Waals surface area contributed by atoms with E-state index in [0.717, 1.165) is 12.5 Å². The Morgan fingerprint density at radius 1 is 1.35 bits per heavy atom. The minimum Gasteiger partial charge on any atom is -0.329 e. The summed E-state index contributed by atoms with van der Waals surface area (Å²) in [5.74, 6) is 0.887. The van der Waals surface area contributed by atoms with Gasteiger partial charge < -0.3 is 5.73 Å². The Labute approximate surface area is 105 Å². The molecular weight excluding hydrogens is 208 g/mol. The fourth-order valence-electron chi connectivity index (χ4n) is 2.96. The molecule has 1 aromatic carbocycles. The highest BCUT2D eigenvalue weighted by molar-refractivity contribution is 5.19. The molecule has 0 saturated carbocycles. The monoisotopic (exact) mass is 232 g/mol. The maximum absolute atomic E-state index is 5.96. The maximum Gasteiger partial charge on any atom is 0.0470 e. The van der Waals surface area contributed by atoms with Crippen molar-refractivity contribution < 1.29 is 0 Å². The van der Waals surface area contributed by atoms with Gasteiger partial charge in [-0.15, -0.1) is 0 Å². The van der Waals surface area contributed by atoms with Crippen LogP contribution in [0.5, 0.6) is 0 Å². The summed E-state index contributed by atoms with van der Waals surface area (Å²) in [7, 11) is 0. The Kier molecular flexibility index (Phi) is 4.57. The highest BCUT2D eigenvalue weighted by Crippen LogP contribution is 2.28. The van der Waals surface area contributed by atoms with E-state index in [0.29, 0.717) is 6.04 Å². The summed E-state index contributed by atoms with van der Waals surface area (Å²) in [4.78, 5) is 2.57. The first-order chi connectivity index (χ1) is 8.35. The predicted molar refractivity (Wildman–Crippen MR) is 72.8 cm³/mol. The lowest BCUT2D eigenvalue weighted by molar-refractivity contribution is 0.240. The Bertz CT molecular complexity index is 323. The van der Waals surface area contributed by atoms with E-state index < -0.39 is 0 Å². The van der Waals surface area contributed by atoms with Gasteiger partial charge in [-0.1, -0.05) is 43.7 Å². The Morgan fingerprint density at radius 3 is 2.76 bits per heavy atom. The van der Waals surface area contributed by atoms with E-state index in [4.69, 9.17) is 5.73 Å². The molecule has 1 fully saturated rings. The smallest absolute Gasteiger partial charge is 0.0470 e. The summed E-state index contributed by atoms with van der Waals surface area (Å²) in [6.07, 6.45) is 4.01. The number of hydrogen-bond acceptors (Lipinski definition) is 2. The number of hydrogen-bond donors (Lipinski definition) is 1. The minimum atomic E-state index is 0.415. The van der Waals surface area contributed by atoms with Crippen molar-refractivity contribution in [3.05, 3.63) is 35.9 Å². The fourth-order valence-corrected chi connectivity index (χ4v) is 2.96. The van der Waals surface area contributed by atoms with Gasteiger partial charge in [-0.25, -0.2) is 0 Å². The number of nitrogens with zero attached hydrogens (tertiary/aromatic N) is 1. The van der Waals surface area contributed by atoms with Crippen LogP contribution in [-0.4, -0.2) is 24.5 Å². The van der Waals surface area contributed by atoms with Gasteiger partial charge in [0.05, 0.1) is 0 Å². The zero-order valence-corrected chi connectivity index (χ0v) is 10.8. The van der Waals surface area contributed by atoms with E-state index >= 15 is 0 Å². The van der Waals surface area contributed by atoms with Crippen molar-refractivity contribution in [3.63, 3.8) is 0 Å². The average molecular weight is 232 g/mol. The predicted octanol–water partition coefficient (Wildman–Crippen LogP) is 2.81. The van der Waals surface area contributed by atoms with Crippen LogP contribution in [0.2, 0.25) is 0 Å². The van der Waals surface area contributed by atoms with Gasteiger partial charge in [0.1, 0.15) is 0 Å². The zero-order chi connectivity index (χ0) is 12.1. The molecule has 1 aliphatic rings. The molecule has 2 unspecified atom stereocenters. The molecule has 0 spiro atoms. The molecule has 2 nitrogen and oxygen atoms in total. The van der Waals surface area contributed by atoms with Crippen LogP contribution in [0.3, 0.4) is 0 Å². The number of rotatable bonds is 5. The third kappa shape index (κ3) is 3.08. The van der Waals surface area contributed by atoms with E-state index in [1.807, 2.05) is 0 Å². The Morgan fingerprint density at radius 2 is 2.12 bits per heavy atom. The molecule has 0 radical (unpaired) electrons. The average Bonchev–Trinajstić information content (AvgIpc) is 2.81. The van der Waals surface area contributed by atoms with Crippen molar-refractivity contribution >= 4 is 0 Å². The van der Waals surface area contributed by atoms with Gasteiger partial charge in [0, 0.05) is 19.1 Å². The fraction of sp³-hybridized carbons (Fsp3) is 0.600. The highest BCUT2D eigenvalue weighted by atomic mass is 15.2. The molecule has 17 heavy (non-hydrogen) atoms. The zero-order valence-electron chi connectivity index (χ0n) is 10.8. The van der Waals surface area contributed by atoms with Crippen LogP contribution in [0.4, 0.5) is 0 Å². The van der Waals surface area contributed by atoms with E-state index in [2.05, 4.69) is 42.2 Å². The third-order valence-electron chi connectivity index (χ3n) is 3.86. The molecule has 0 aromatic heterocycles. The van der Waals surface area contributed by atoms with E-state index in [9.17, 15) is 0 Å². The first kappa shape index (κ1) is 12.6. The van der Waals surface area contributed by atoms with Gasteiger partial charge in [0.25, 0.3) is 0 Å². The number of likely N-dealkylation sites (tertiary alicyclic amines) is 1. The molecule has 2 heteroatoms. The van der Waals surface area contributed by atoms with Crippen LogP contribution in [0.15, 0.2) is 30.3 Å². The van der Waals surface area contributed by atoms with Crippen molar-refractivity contribution in [2.75, 3.05) is 19.6 Å². The van der Waals surface area contributed by atoms with Gasteiger partial charge in [0.15, 0.2) is 0 Å². The lowest BCUT2D eigenvalue weighted by Gasteiger charge is -2.27. The Hall–Kier alpha value is -0.860. The SMILES string of the molecule is CCCC1CCN(C(CN)c2ccccc2)C1. The van der Waals surface area contributed by atoms with Gasteiger partial charge in [0.2, 0.25) is 0 Å². The quantitative estimate of drug-likeness (QED) is 0.846. The summed E-state index contributed by atoms with van der Waals surface area (Å²) >= 11 is 0. The van der Waals surface area contributed by atoms with Crippen molar-refractivity contribution in [1.82, 2.24) is 4.90 Å². The number of benzene rings is 1. The van der Waals surface area contributed by atoms with Gasteiger partial charge in [-0.3, -0.25) is 4.90 Å².